The summed E-state index contributed by atoms with van der Waals surface area (Å²) in [5, 5.41) is 3.58. The standard InChI is InChI=1S/C18H20N4/c1-4-15(5-1)20-10-8-18-21-16-7-6-13(11-17(16)22-18)14-3-2-9-19-12-14/h2-3,6-7,9,11-12,15,20H,1,4-5,8,10H2,(H,21,22). The van der Waals surface area contributed by atoms with Gasteiger partial charge in [-0.1, -0.05) is 18.6 Å². The van der Waals surface area contributed by atoms with E-state index in [4.69, 9.17) is 4.98 Å². The summed E-state index contributed by atoms with van der Waals surface area (Å²) in [6.07, 6.45) is 8.66. The van der Waals surface area contributed by atoms with Crippen molar-refractivity contribution in [1.82, 2.24) is 20.3 Å². The number of hydrogen-bond donors (Lipinski definition) is 2. The third kappa shape index (κ3) is 2.74. The van der Waals surface area contributed by atoms with Gasteiger partial charge < -0.3 is 10.3 Å². The zero-order valence-electron chi connectivity index (χ0n) is 12.5. The first-order chi connectivity index (χ1) is 10.9. The molecule has 1 saturated carbocycles. The summed E-state index contributed by atoms with van der Waals surface area (Å²) in [4.78, 5) is 12.3. The number of imidazole rings is 1. The van der Waals surface area contributed by atoms with E-state index in [-0.39, 0.29) is 0 Å². The highest BCUT2D eigenvalue weighted by molar-refractivity contribution is 5.81. The molecule has 1 aliphatic rings. The zero-order valence-corrected chi connectivity index (χ0v) is 12.5. The number of benzene rings is 1. The fraction of sp³-hybridized carbons (Fsp3) is 0.333. The molecule has 1 aromatic carbocycles. The maximum absolute atomic E-state index is 4.72. The molecule has 0 unspecified atom stereocenters. The average molecular weight is 292 g/mol. The summed E-state index contributed by atoms with van der Waals surface area (Å²) in [6.45, 7) is 1.000. The third-order valence-electron chi connectivity index (χ3n) is 4.43. The van der Waals surface area contributed by atoms with E-state index in [9.17, 15) is 0 Å². The van der Waals surface area contributed by atoms with Gasteiger partial charge in [-0.05, 0) is 36.6 Å². The van der Waals surface area contributed by atoms with Gasteiger partial charge in [-0.15, -0.1) is 0 Å². The molecule has 3 aromatic rings. The lowest BCUT2D eigenvalue weighted by molar-refractivity contribution is 0.341. The molecule has 0 bridgehead atoms. The van der Waals surface area contributed by atoms with Crippen LogP contribution in [0.25, 0.3) is 22.2 Å². The van der Waals surface area contributed by atoms with Crippen molar-refractivity contribution in [2.45, 2.75) is 31.7 Å². The number of aromatic nitrogens is 3. The Morgan fingerprint density at radius 1 is 1.18 bits per heavy atom. The van der Waals surface area contributed by atoms with Gasteiger partial charge in [0, 0.05) is 37.0 Å². The normalized spacial score (nSPS) is 15.1. The number of nitrogens with zero attached hydrogens (tertiary/aromatic N) is 2. The molecule has 4 rings (SSSR count). The number of pyridine rings is 1. The summed E-state index contributed by atoms with van der Waals surface area (Å²) in [5.41, 5.74) is 4.41. The maximum Gasteiger partial charge on any atom is 0.108 e. The minimum absolute atomic E-state index is 0.738. The molecule has 2 N–H and O–H groups in total. The van der Waals surface area contributed by atoms with E-state index in [1.165, 1.54) is 19.3 Å². The molecule has 22 heavy (non-hydrogen) atoms. The van der Waals surface area contributed by atoms with E-state index in [1.807, 2.05) is 12.3 Å². The van der Waals surface area contributed by atoms with E-state index >= 15 is 0 Å². The fourth-order valence-corrected chi connectivity index (χ4v) is 2.90. The first-order valence-corrected chi connectivity index (χ1v) is 8.01. The SMILES string of the molecule is c1cncc(-c2ccc3[nH]c(CCNC4CCC4)nc3c2)c1. The predicted molar refractivity (Wildman–Crippen MR) is 88.7 cm³/mol. The van der Waals surface area contributed by atoms with Gasteiger partial charge in [-0.2, -0.15) is 0 Å². The van der Waals surface area contributed by atoms with Crippen LogP contribution in [-0.2, 0) is 6.42 Å². The summed E-state index contributed by atoms with van der Waals surface area (Å²) in [7, 11) is 0. The lowest BCUT2D eigenvalue weighted by Gasteiger charge is -2.26. The molecule has 4 heteroatoms. The van der Waals surface area contributed by atoms with Crippen molar-refractivity contribution in [3.63, 3.8) is 0 Å². The molecule has 0 spiro atoms. The van der Waals surface area contributed by atoms with Crippen LogP contribution in [0.5, 0.6) is 0 Å². The molecule has 0 aliphatic heterocycles. The van der Waals surface area contributed by atoms with Gasteiger partial charge in [-0.3, -0.25) is 4.98 Å². The van der Waals surface area contributed by atoms with Gasteiger partial charge in [0.2, 0.25) is 0 Å². The number of fused-ring (bicyclic) bond motifs is 1. The second kappa shape index (κ2) is 5.89. The van der Waals surface area contributed by atoms with Gasteiger partial charge in [0.25, 0.3) is 0 Å². The summed E-state index contributed by atoms with van der Waals surface area (Å²) in [6, 6.07) is 11.1. The van der Waals surface area contributed by atoms with Crippen molar-refractivity contribution in [2.24, 2.45) is 0 Å². The molecule has 0 radical (unpaired) electrons. The average Bonchev–Trinajstić information content (AvgIpc) is 2.92. The van der Waals surface area contributed by atoms with Crippen LogP contribution in [0.4, 0.5) is 0 Å². The molecule has 0 saturated heterocycles. The molecule has 1 aliphatic carbocycles. The van der Waals surface area contributed by atoms with E-state index < -0.39 is 0 Å². The largest absolute Gasteiger partial charge is 0.342 e. The highest BCUT2D eigenvalue weighted by atomic mass is 15.0. The molecular weight excluding hydrogens is 272 g/mol. The predicted octanol–water partition coefficient (Wildman–Crippen LogP) is 3.31. The van der Waals surface area contributed by atoms with Crippen molar-refractivity contribution in [1.29, 1.82) is 0 Å². The lowest BCUT2D eigenvalue weighted by Crippen LogP contribution is -2.36. The topological polar surface area (TPSA) is 53.6 Å². The Labute approximate surface area is 130 Å². The van der Waals surface area contributed by atoms with Crippen LogP contribution in [0.3, 0.4) is 0 Å². The Morgan fingerprint density at radius 2 is 2.14 bits per heavy atom. The zero-order chi connectivity index (χ0) is 14.8. The summed E-state index contributed by atoms with van der Waals surface area (Å²) < 4.78 is 0. The van der Waals surface area contributed by atoms with E-state index in [2.05, 4.69) is 39.6 Å². The van der Waals surface area contributed by atoms with Crippen molar-refractivity contribution in [3.05, 3.63) is 48.5 Å². The van der Waals surface area contributed by atoms with Gasteiger partial charge in [0.05, 0.1) is 11.0 Å². The first-order valence-electron chi connectivity index (χ1n) is 8.01. The minimum Gasteiger partial charge on any atom is -0.342 e. The highest BCUT2D eigenvalue weighted by Gasteiger charge is 2.16. The highest BCUT2D eigenvalue weighted by Crippen LogP contribution is 2.23. The molecule has 4 nitrogen and oxygen atoms in total. The quantitative estimate of drug-likeness (QED) is 0.758. The Morgan fingerprint density at radius 3 is 2.91 bits per heavy atom. The number of H-pyrrole nitrogens is 1. The Balaban J connectivity index is 1.50. The van der Waals surface area contributed by atoms with Crippen LogP contribution >= 0.6 is 0 Å². The fourth-order valence-electron chi connectivity index (χ4n) is 2.90. The summed E-state index contributed by atoms with van der Waals surface area (Å²) >= 11 is 0. The van der Waals surface area contributed by atoms with Gasteiger partial charge in [-0.25, -0.2) is 4.98 Å². The van der Waals surface area contributed by atoms with Crippen LogP contribution in [0.1, 0.15) is 25.1 Å². The summed E-state index contributed by atoms with van der Waals surface area (Å²) in [5.74, 6) is 1.06. The Bertz CT molecular complexity index is 759. The second-order valence-electron chi connectivity index (χ2n) is 5.99. The number of hydrogen-bond acceptors (Lipinski definition) is 3. The van der Waals surface area contributed by atoms with Crippen molar-refractivity contribution >= 4 is 11.0 Å². The number of nitrogens with one attached hydrogen (secondary N) is 2. The van der Waals surface area contributed by atoms with Crippen molar-refractivity contribution < 1.29 is 0 Å². The van der Waals surface area contributed by atoms with Gasteiger partial charge in [0.1, 0.15) is 5.82 Å². The molecule has 0 amide bonds. The van der Waals surface area contributed by atoms with Crippen LogP contribution < -0.4 is 5.32 Å². The van der Waals surface area contributed by atoms with Crippen molar-refractivity contribution in [2.75, 3.05) is 6.54 Å². The molecule has 2 heterocycles. The molecular formula is C18H20N4. The van der Waals surface area contributed by atoms with Crippen LogP contribution in [0.15, 0.2) is 42.7 Å². The third-order valence-corrected chi connectivity index (χ3v) is 4.43. The Hall–Kier alpha value is -2.20. The lowest BCUT2D eigenvalue weighted by atomic mass is 9.93. The van der Waals surface area contributed by atoms with Gasteiger partial charge in [0.15, 0.2) is 0 Å². The second-order valence-corrected chi connectivity index (χ2v) is 5.99. The van der Waals surface area contributed by atoms with E-state index in [1.54, 1.807) is 6.20 Å². The van der Waals surface area contributed by atoms with Crippen LogP contribution in [-0.4, -0.2) is 27.5 Å². The molecule has 0 atom stereocenters. The van der Waals surface area contributed by atoms with Crippen LogP contribution in [0.2, 0.25) is 0 Å². The molecule has 112 valence electrons. The van der Waals surface area contributed by atoms with Crippen LogP contribution in [0, 0.1) is 0 Å². The van der Waals surface area contributed by atoms with E-state index in [0.717, 1.165) is 47.0 Å². The molecule has 1 fully saturated rings. The molecule has 2 aromatic heterocycles. The number of rotatable bonds is 5. The minimum atomic E-state index is 0.738. The Kier molecular flexibility index (Phi) is 3.60. The maximum atomic E-state index is 4.72. The monoisotopic (exact) mass is 292 g/mol. The smallest absolute Gasteiger partial charge is 0.108 e. The number of aromatic amines is 1. The van der Waals surface area contributed by atoms with Crippen molar-refractivity contribution in [3.8, 4) is 11.1 Å². The van der Waals surface area contributed by atoms with E-state index in [0.29, 0.717) is 0 Å². The van der Waals surface area contributed by atoms with Gasteiger partial charge >= 0.3 is 0 Å². The first kappa shape index (κ1) is 13.5.